The number of carbonyl (C=O) groups excluding carboxylic acids is 1. The van der Waals surface area contributed by atoms with Crippen molar-refractivity contribution < 1.29 is 13.2 Å². The summed E-state index contributed by atoms with van der Waals surface area (Å²) in [4.78, 5) is 13.5. The lowest BCUT2D eigenvalue weighted by Gasteiger charge is -2.12. The van der Waals surface area contributed by atoms with Crippen molar-refractivity contribution in [1.82, 2.24) is 4.57 Å². The standard InChI is InChI=1S/C19H16Cl3NO3S/c1-3-4-13-7-11-8-14(27(2,25)26)5-6-17(11)23(13)19(24)18-15(21)9-12(20)10-16(18)22/h5-10H,3-4H2,1-2H3. The van der Waals surface area contributed by atoms with Crippen LogP contribution in [0.1, 0.15) is 29.4 Å². The average molecular weight is 445 g/mol. The van der Waals surface area contributed by atoms with Crippen LogP contribution in [0.2, 0.25) is 15.1 Å². The van der Waals surface area contributed by atoms with E-state index in [0.717, 1.165) is 18.4 Å². The Balaban J connectivity index is 2.26. The molecule has 0 aliphatic rings. The molecule has 0 aliphatic heterocycles. The molecule has 142 valence electrons. The summed E-state index contributed by atoms with van der Waals surface area (Å²) in [5, 5.41) is 1.32. The van der Waals surface area contributed by atoms with Gasteiger partial charge >= 0.3 is 0 Å². The van der Waals surface area contributed by atoms with Crippen LogP contribution in [0.3, 0.4) is 0 Å². The summed E-state index contributed by atoms with van der Waals surface area (Å²) in [7, 11) is -3.35. The maximum atomic E-state index is 13.3. The quantitative estimate of drug-likeness (QED) is 0.523. The predicted octanol–water partition coefficient (Wildman–Crippen LogP) is 5.65. The molecule has 0 saturated carbocycles. The zero-order valence-corrected chi connectivity index (χ0v) is 17.7. The number of aryl methyl sites for hydroxylation is 1. The van der Waals surface area contributed by atoms with E-state index in [-0.39, 0.29) is 26.4 Å². The van der Waals surface area contributed by atoms with Crippen LogP contribution in [0.4, 0.5) is 0 Å². The zero-order chi connectivity index (χ0) is 19.9. The van der Waals surface area contributed by atoms with Crippen LogP contribution in [0.25, 0.3) is 10.9 Å². The Morgan fingerprint density at radius 3 is 2.22 bits per heavy atom. The van der Waals surface area contributed by atoms with Gasteiger partial charge in [0.2, 0.25) is 0 Å². The van der Waals surface area contributed by atoms with Gasteiger partial charge in [0.1, 0.15) is 0 Å². The summed E-state index contributed by atoms with van der Waals surface area (Å²) in [5.74, 6) is -0.382. The Kier molecular flexibility index (Phi) is 5.59. The number of hydrogen-bond donors (Lipinski definition) is 0. The first kappa shape index (κ1) is 20.2. The van der Waals surface area contributed by atoms with E-state index in [0.29, 0.717) is 22.3 Å². The number of carbonyl (C=O) groups is 1. The highest BCUT2D eigenvalue weighted by Crippen LogP contribution is 2.32. The van der Waals surface area contributed by atoms with E-state index in [9.17, 15) is 13.2 Å². The maximum absolute atomic E-state index is 13.3. The smallest absolute Gasteiger partial charge is 0.265 e. The van der Waals surface area contributed by atoms with E-state index in [1.807, 2.05) is 13.0 Å². The highest BCUT2D eigenvalue weighted by Gasteiger charge is 2.22. The number of sulfone groups is 1. The Hall–Kier alpha value is -1.53. The van der Waals surface area contributed by atoms with E-state index in [1.165, 1.54) is 22.8 Å². The third-order valence-electron chi connectivity index (χ3n) is 4.21. The third kappa shape index (κ3) is 3.87. The second kappa shape index (κ2) is 7.47. The molecule has 0 N–H and O–H groups in total. The lowest BCUT2D eigenvalue weighted by Crippen LogP contribution is -2.16. The Bertz CT molecular complexity index is 1140. The van der Waals surface area contributed by atoms with E-state index >= 15 is 0 Å². The molecule has 0 spiro atoms. The van der Waals surface area contributed by atoms with Gasteiger partial charge in [-0.2, -0.15) is 0 Å². The molecule has 2 aromatic carbocycles. The molecule has 0 atom stereocenters. The largest absolute Gasteiger partial charge is 0.280 e. The molecule has 0 aliphatic carbocycles. The molecule has 0 saturated heterocycles. The predicted molar refractivity (Wildman–Crippen MR) is 110 cm³/mol. The summed E-state index contributed by atoms with van der Waals surface area (Å²) in [6.45, 7) is 2.00. The second-order valence-corrected chi connectivity index (χ2v) is 9.53. The first-order valence-electron chi connectivity index (χ1n) is 8.17. The Morgan fingerprint density at radius 1 is 1.04 bits per heavy atom. The second-order valence-electron chi connectivity index (χ2n) is 6.26. The van der Waals surface area contributed by atoms with Crippen LogP contribution in [-0.2, 0) is 16.3 Å². The maximum Gasteiger partial charge on any atom is 0.265 e. The van der Waals surface area contributed by atoms with E-state index in [2.05, 4.69) is 0 Å². The number of hydrogen-bond acceptors (Lipinski definition) is 3. The van der Waals surface area contributed by atoms with E-state index in [1.54, 1.807) is 12.1 Å². The van der Waals surface area contributed by atoms with Crippen molar-refractivity contribution in [3.63, 3.8) is 0 Å². The lowest BCUT2D eigenvalue weighted by molar-refractivity contribution is 0.0962. The fourth-order valence-electron chi connectivity index (χ4n) is 3.02. The molecule has 1 aromatic heterocycles. The molecule has 27 heavy (non-hydrogen) atoms. The summed E-state index contributed by atoms with van der Waals surface area (Å²) >= 11 is 18.4. The molecule has 4 nitrogen and oxygen atoms in total. The number of halogens is 3. The van der Waals surface area contributed by atoms with Gasteiger partial charge < -0.3 is 0 Å². The minimum atomic E-state index is -3.35. The van der Waals surface area contributed by atoms with Crippen molar-refractivity contribution >= 4 is 61.5 Å². The van der Waals surface area contributed by atoms with Crippen molar-refractivity contribution in [3.05, 3.63) is 62.7 Å². The summed E-state index contributed by atoms with van der Waals surface area (Å²) in [6, 6.07) is 9.44. The lowest BCUT2D eigenvalue weighted by atomic mass is 10.2. The molecule has 0 unspecified atom stereocenters. The average Bonchev–Trinajstić information content (AvgIpc) is 2.90. The molecule has 3 rings (SSSR count). The van der Waals surface area contributed by atoms with Gasteiger partial charge in [-0.15, -0.1) is 0 Å². The van der Waals surface area contributed by atoms with Crippen LogP contribution in [0.15, 0.2) is 41.3 Å². The number of fused-ring (bicyclic) bond motifs is 1. The first-order valence-corrected chi connectivity index (χ1v) is 11.2. The van der Waals surface area contributed by atoms with Crippen molar-refractivity contribution in [1.29, 1.82) is 0 Å². The van der Waals surface area contributed by atoms with Crippen molar-refractivity contribution in [2.75, 3.05) is 6.26 Å². The Morgan fingerprint density at radius 2 is 1.67 bits per heavy atom. The monoisotopic (exact) mass is 443 g/mol. The molecule has 0 amide bonds. The van der Waals surface area contributed by atoms with Gasteiger partial charge in [-0.1, -0.05) is 48.1 Å². The Labute approximate surface area is 172 Å². The molecule has 1 heterocycles. The molecule has 0 fully saturated rings. The molecule has 0 radical (unpaired) electrons. The normalized spacial score (nSPS) is 11.9. The van der Waals surface area contributed by atoms with Crippen LogP contribution in [0, 0.1) is 0 Å². The first-order chi connectivity index (χ1) is 12.6. The van der Waals surface area contributed by atoms with Gasteiger partial charge in [-0.3, -0.25) is 9.36 Å². The highest BCUT2D eigenvalue weighted by atomic mass is 35.5. The minimum Gasteiger partial charge on any atom is -0.280 e. The van der Waals surface area contributed by atoms with Crippen LogP contribution >= 0.6 is 34.8 Å². The molecular weight excluding hydrogens is 429 g/mol. The van der Waals surface area contributed by atoms with Gasteiger partial charge in [0.15, 0.2) is 9.84 Å². The summed E-state index contributed by atoms with van der Waals surface area (Å²) in [5.41, 5.74) is 1.51. The van der Waals surface area contributed by atoms with Crippen molar-refractivity contribution in [2.45, 2.75) is 24.7 Å². The number of rotatable bonds is 4. The molecule has 8 heteroatoms. The molecule has 3 aromatic rings. The third-order valence-corrected chi connectivity index (χ3v) is 6.13. The van der Waals surface area contributed by atoms with Crippen LogP contribution < -0.4 is 0 Å². The highest BCUT2D eigenvalue weighted by molar-refractivity contribution is 7.90. The van der Waals surface area contributed by atoms with Crippen molar-refractivity contribution in [3.8, 4) is 0 Å². The summed E-state index contributed by atoms with van der Waals surface area (Å²) < 4.78 is 25.2. The van der Waals surface area contributed by atoms with Gasteiger partial charge in [-0.25, -0.2) is 8.42 Å². The molecular formula is C19H16Cl3NO3S. The fourth-order valence-corrected chi connectivity index (χ4v) is 4.65. The number of benzene rings is 2. The minimum absolute atomic E-state index is 0.157. The molecule has 0 bridgehead atoms. The topological polar surface area (TPSA) is 56.1 Å². The van der Waals surface area contributed by atoms with Gasteiger partial charge in [-0.05, 0) is 42.8 Å². The SMILES string of the molecule is CCCc1cc2cc(S(C)(=O)=O)ccc2n1C(=O)c1c(Cl)cc(Cl)cc1Cl. The zero-order valence-electron chi connectivity index (χ0n) is 14.6. The van der Waals surface area contributed by atoms with E-state index < -0.39 is 9.84 Å². The number of aromatic nitrogens is 1. The van der Waals surface area contributed by atoms with Crippen LogP contribution in [-0.4, -0.2) is 25.1 Å². The fraction of sp³-hybridized carbons (Fsp3) is 0.211. The van der Waals surface area contributed by atoms with E-state index in [4.69, 9.17) is 34.8 Å². The van der Waals surface area contributed by atoms with Gasteiger partial charge in [0.05, 0.1) is 26.0 Å². The number of nitrogens with zero attached hydrogens (tertiary/aromatic N) is 1. The van der Waals surface area contributed by atoms with Crippen LogP contribution in [0.5, 0.6) is 0 Å². The van der Waals surface area contributed by atoms with Gasteiger partial charge in [0.25, 0.3) is 5.91 Å². The summed E-state index contributed by atoms with van der Waals surface area (Å²) in [6.07, 6.45) is 2.60. The van der Waals surface area contributed by atoms with Gasteiger partial charge in [0, 0.05) is 22.4 Å². The van der Waals surface area contributed by atoms with Crippen molar-refractivity contribution in [2.24, 2.45) is 0 Å².